The Morgan fingerprint density at radius 2 is 2.05 bits per heavy atom. The van der Waals surface area contributed by atoms with E-state index in [1.807, 2.05) is 44.2 Å². The van der Waals surface area contributed by atoms with E-state index in [0.29, 0.717) is 12.8 Å². The fourth-order valence-corrected chi connectivity index (χ4v) is 2.62. The molecule has 0 bridgehead atoms. The van der Waals surface area contributed by atoms with Gasteiger partial charge >= 0.3 is 0 Å². The molecule has 0 saturated carbocycles. The first-order valence-corrected chi connectivity index (χ1v) is 7.68. The molecule has 1 atom stereocenters. The molecule has 0 aromatic heterocycles. The van der Waals surface area contributed by atoms with Crippen LogP contribution < -0.4 is 5.32 Å². The standard InChI is InChI=1S/C15H23NO2S/c1-3-15(2,10-11-17)16-14(18)9-12-19-13-7-5-4-6-8-13/h4-8,17H,3,9-12H2,1-2H3,(H,16,18). The number of nitrogens with one attached hydrogen (secondary N) is 1. The normalized spacial score (nSPS) is 13.8. The second-order valence-corrected chi connectivity index (χ2v) is 6.02. The lowest BCUT2D eigenvalue weighted by Crippen LogP contribution is -2.46. The summed E-state index contributed by atoms with van der Waals surface area (Å²) in [6.45, 7) is 4.10. The SMILES string of the molecule is CCC(C)(CCO)NC(=O)CCSc1ccccc1. The summed E-state index contributed by atoms with van der Waals surface area (Å²) >= 11 is 1.69. The summed E-state index contributed by atoms with van der Waals surface area (Å²) in [5.74, 6) is 0.829. The number of rotatable bonds is 8. The van der Waals surface area contributed by atoms with E-state index in [0.717, 1.165) is 12.2 Å². The molecule has 0 radical (unpaired) electrons. The molecule has 0 fully saturated rings. The van der Waals surface area contributed by atoms with Gasteiger partial charge in [-0.25, -0.2) is 0 Å². The highest BCUT2D eigenvalue weighted by molar-refractivity contribution is 7.99. The predicted molar refractivity (Wildman–Crippen MR) is 80.3 cm³/mol. The minimum absolute atomic E-state index is 0.0567. The van der Waals surface area contributed by atoms with Crippen LogP contribution in [-0.4, -0.2) is 28.9 Å². The third-order valence-electron chi connectivity index (χ3n) is 3.23. The summed E-state index contributed by atoms with van der Waals surface area (Å²) < 4.78 is 0. The summed E-state index contributed by atoms with van der Waals surface area (Å²) in [6, 6.07) is 10.1. The molecule has 4 heteroatoms. The van der Waals surface area contributed by atoms with E-state index in [1.165, 1.54) is 4.90 Å². The maximum Gasteiger partial charge on any atom is 0.221 e. The molecule has 1 aromatic carbocycles. The van der Waals surface area contributed by atoms with Crippen molar-refractivity contribution in [2.75, 3.05) is 12.4 Å². The highest BCUT2D eigenvalue weighted by Crippen LogP contribution is 2.18. The van der Waals surface area contributed by atoms with Gasteiger partial charge in [0.2, 0.25) is 5.91 Å². The first kappa shape index (κ1) is 16.1. The number of carbonyl (C=O) groups excluding carboxylic acids is 1. The van der Waals surface area contributed by atoms with E-state index >= 15 is 0 Å². The van der Waals surface area contributed by atoms with Crippen LogP contribution in [0.1, 0.15) is 33.1 Å². The van der Waals surface area contributed by atoms with Crippen LogP contribution in [-0.2, 0) is 4.79 Å². The van der Waals surface area contributed by atoms with E-state index in [9.17, 15) is 4.79 Å². The van der Waals surface area contributed by atoms with Crippen molar-refractivity contribution in [2.24, 2.45) is 0 Å². The zero-order valence-electron chi connectivity index (χ0n) is 11.7. The molecule has 1 aromatic rings. The Kier molecular flexibility index (Phi) is 6.95. The molecule has 1 rings (SSSR count). The molecular formula is C15H23NO2S. The number of hydrogen-bond donors (Lipinski definition) is 2. The fraction of sp³-hybridized carbons (Fsp3) is 0.533. The van der Waals surface area contributed by atoms with E-state index in [4.69, 9.17) is 5.11 Å². The molecule has 106 valence electrons. The maximum atomic E-state index is 11.9. The van der Waals surface area contributed by atoms with E-state index in [2.05, 4.69) is 5.32 Å². The van der Waals surface area contributed by atoms with Crippen molar-refractivity contribution < 1.29 is 9.90 Å². The summed E-state index contributed by atoms with van der Waals surface area (Å²) in [7, 11) is 0. The first-order valence-electron chi connectivity index (χ1n) is 6.69. The van der Waals surface area contributed by atoms with Gasteiger partial charge in [0.15, 0.2) is 0 Å². The number of thioether (sulfide) groups is 1. The lowest BCUT2D eigenvalue weighted by atomic mass is 9.95. The van der Waals surface area contributed by atoms with E-state index in [1.54, 1.807) is 11.8 Å². The second-order valence-electron chi connectivity index (χ2n) is 4.85. The zero-order chi connectivity index (χ0) is 14.1. The Morgan fingerprint density at radius 3 is 2.63 bits per heavy atom. The quantitative estimate of drug-likeness (QED) is 0.720. The summed E-state index contributed by atoms with van der Waals surface area (Å²) in [5, 5.41) is 12.0. The third-order valence-corrected chi connectivity index (χ3v) is 4.24. The molecule has 2 N–H and O–H groups in total. The van der Waals surface area contributed by atoms with Crippen molar-refractivity contribution >= 4 is 17.7 Å². The summed E-state index contributed by atoms with van der Waals surface area (Å²) in [5.41, 5.74) is -0.288. The van der Waals surface area contributed by atoms with Crippen molar-refractivity contribution in [3.05, 3.63) is 30.3 Å². The number of carbonyl (C=O) groups is 1. The number of aliphatic hydroxyl groups excluding tert-OH is 1. The molecule has 0 spiro atoms. The molecule has 0 aliphatic rings. The number of benzene rings is 1. The minimum Gasteiger partial charge on any atom is -0.396 e. The maximum absolute atomic E-state index is 11.9. The van der Waals surface area contributed by atoms with Crippen LogP contribution >= 0.6 is 11.8 Å². The Labute approximate surface area is 119 Å². The van der Waals surface area contributed by atoms with Crippen molar-refractivity contribution in [3.8, 4) is 0 Å². The van der Waals surface area contributed by atoms with Gasteiger partial charge in [0.1, 0.15) is 0 Å². The Balaban J connectivity index is 2.31. The molecule has 1 unspecified atom stereocenters. The van der Waals surface area contributed by atoms with Crippen LogP contribution in [0.25, 0.3) is 0 Å². The molecule has 0 saturated heterocycles. The van der Waals surface area contributed by atoms with Gasteiger partial charge in [-0.2, -0.15) is 0 Å². The lowest BCUT2D eigenvalue weighted by molar-refractivity contribution is -0.122. The van der Waals surface area contributed by atoms with E-state index in [-0.39, 0.29) is 18.1 Å². The molecule has 19 heavy (non-hydrogen) atoms. The largest absolute Gasteiger partial charge is 0.396 e. The topological polar surface area (TPSA) is 49.3 Å². The summed E-state index contributed by atoms with van der Waals surface area (Å²) in [4.78, 5) is 13.1. The smallest absolute Gasteiger partial charge is 0.221 e. The lowest BCUT2D eigenvalue weighted by Gasteiger charge is -2.29. The second kappa shape index (κ2) is 8.23. The van der Waals surface area contributed by atoms with Crippen molar-refractivity contribution in [3.63, 3.8) is 0 Å². The number of hydrogen-bond acceptors (Lipinski definition) is 3. The highest BCUT2D eigenvalue weighted by atomic mass is 32.2. The average molecular weight is 281 g/mol. The van der Waals surface area contributed by atoms with Crippen molar-refractivity contribution in [1.29, 1.82) is 0 Å². The zero-order valence-corrected chi connectivity index (χ0v) is 12.5. The van der Waals surface area contributed by atoms with Crippen molar-refractivity contribution in [2.45, 2.75) is 43.5 Å². The highest BCUT2D eigenvalue weighted by Gasteiger charge is 2.23. The molecule has 3 nitrogen and oxygen atoms in total. The van der Waals surface area contributed by atoms with Gasteiger partial charge in [-0.3, -0.25) is 4.79 Å². The molecule has 0 aliphatic carbocycles. The van der Waals surface area contributed by atoms with Gasteiger partial charge < -0.3 is 10.4 Å². The van der Waals surface area contributed by atoms with Crippen LogP contribution in [0.3, 0.4) is 0 Å². The Bertz CT molecular complexity index is 383. The third kappa shape index (κ3) is 6.12. The monoisotopic (exact) mass is 281 g/mol. The molecule has 0 heterocycles. The van der Waals surface area contributed by atoms with Gasteiger partial charge in [0.05, 0.1) is 0 Å². The Hall–Kier alpha value is -1.00. The van der Waals surface area contributed by atoms with Crippen molar-refractivity contribution in [1.82, 2.24) is 5.32 Å². The van der Waals surface area contributed by atoms with Gasteiger partial charge in [-0.15, -0.1) is 11.8 Å². The van der Waals surface area contributed by atoms with Gasteiger partial charge in [-0.1, -0.05) is 25.1 Å². The molecule has 1 amide bonds. The Morgan fingerprint density at radius 1 is 1.37 bits per heavy atom. The number of amides is 1. The predicted octanol–water partition coefficient (Wildman–Crippen LogP) is 2.84. The number of aliphatic hydroxyl groups is 1. The van der Waals surface area contributed by atoms with Crippen LogP contribution in [0, 0.1) is 0 Å². The summed E-state index contributed by atoms with van der Waals surface area (Å²) in [6.07, 6.45) is 1.92. The average Bonchev–Trinajstić information content (AvgIpc) is 2.40. The first-order chi connectivity index (χ1) is 9.09. The fourth-order valence-electron chi connectivity index (χ4n) is 1.75. The van der Waals surface area contributed by atoms with Crippen LogP contribution in [0.2, 0.25) is 0 Å². The van der Waals surface area contributed by atoms with Gasteiger partial charge in [0, 0.05) is 29.2 Å². The van der Waals surface area contributed by atoms with Crippen LogP contribution in [0.5, 0.6) is 0 Å². The molecular weight excluding hydrogens is 258 g/mol. The van der Waals surface area contributed by atoms with Gasteiger partial charge in [-0.05, 0) is 31.9 Å². The van der Waals surface area contributed by atoms with E-state index < -0.39 is 0 Å². The van der Waals surface area contributed by atoms with Crippen LogP contribution in [0.4, 0.5) is 0 Å². The minimum atomic E-state index is -0.288. The van der Waals surface area contributed by atoms with Gasteiger partial charge in [0.25, 0.3) is 0 Å². The van der Waals surface area contributed by atoms with Crippen LogP contribution in [0.15, 0.2) is 35.2 Å². The molecule has 0 aliphatic heterocycles.